The summed E-state index contributed by atoms with van der Waals surface area (Å²) >= 11 is 3.58. The molecular formula is C27H30BrN3. The lowest BCUT2D eigenvalue weighted by molar-refractivity contribution is 0.249. The predicted octanol–water partition coefficient (Wildman–Crippen LogP) is 7.42. The second kappa shape index (κ2) is 8.51. The van der Waals surface area contributed by atoms with Crippen molar-refractivity contribution >= 4 is 33.3 Å². The molecule has 0 aromatic heterocycles. The van der Waals surface area contributed by atoms with Crippen LogP contribution in [0.1, 0.15) is 43.5 Å². The van der Waals surface area contributed by atoms with Gasteiger partial charge in [0.15, 0.2) is 0 Å². The molecule has 0 aliphatic carbocycles. The minimum Gasteiger partial charge on any atom is -0.335 e. The maximum atomic E-state index is 5.18. The summed E-state index contributed by atoms with van der Waals surface area (Å²) in [7, 11) is 0. The van der Waals surface area contributed by atoms with E-state index < -0.39 is 0 Å². The van der Waals surface area contributed by atoms with Gasteiger partial charge in [-0.05, 0) is 76.6 Å². The van der Waals surface area contributed by atoms with E-state index in [4.69, 9.17) is 4.99 Å². The summed E-state index contributed by atoms with van der Waals surface area (Å²) < 4.78 is 1.09. The van der Waals surface area contributed by atoms with Gasteiger partial charge in [-0.1, -0.05) is 63.5 Å². The molecule has 1 aliphatic heterocycles. The smallest absolute Gasteiger partial charge is 0.207 e. The third-order valence-electron chi connectivity index (χ3n) is 5.76. The minimum atomic E-state index is -0.0589. The second-order valence-corrected chi connectivity index (χ2v) is 10.2. The molecule has 0 spiro atoms. The Hall–Kier alpha value is -2.59. The van der Waals surface area contributed by atoms with Crippen molar-refractivity contribution in [1.29, 1.82) is 0 Å². The van der Waals surface area contributed by atoms with Crippen molar-refractivity contribution in [2.75, 3.05) is 11.4 Å². The van der Waals surface area contributed by atoms with Crippen molar-refractivity contribution in [3.05, 3.63) is 94.0 Å². The number of benzene rings is 3. The Kier molecular flexibility index (Phi) is 5.94. The molecule has 0 unspecified atom stereocenters. The first kappa shape index (κ1) is 21.6. The first-order chi connectivity index (χ1) is 14.7. The molecule has 1 heterocycles. The Morgan fingerprint density at radius 1 is 0.806 bits per heavy atom. The second-order valence-electron chi connectivity index (χ2n) is 9.30. The van der Waals surface area contributed by atoms with Crippen LogP contribution in [0.25, 0.3) is 0 Å². The SMILES string of the molecule is Cc1ccc(N=C2N(c3ccc(C)cc3)[C@@H](c3ccc(Br)cc3)CN2C(C)(C)C)cc1. The summed E-state index contributed by atoms with van der Waals surface area (Å²) in [6, 6.07) is 26.1. The van der Waals surface area contributed by atoms with E-state index in [0.29, 0.717) is 0 Å². The van der Waals surface area contributed by atoms with Crippen LogP contribution in [0, 0.1) is 13.8 Å². The number of anilines is 1. The Labute approximate surface area is 194 Å². The van der Waals surface area contributed by atoms with Gasteiger partial charge in [-0.15, -0.1) is 0 Å². The highest BCUT2D eigenvalue weighted by Gasteiger charge is 2.42. The molecule has 1 saturated heterocycles. The van der Waals surface area contributed by atoms with E-state index in [1.807, 2.05) is 0 Å². The molecule has 1 aliphatic rings. The maximum Gasteiger partial charge on any atom is 0.207 e. The molecule has 3 aromatic carbocycles. The summed E-state index contributed by atoms with van der Waals surface area (Å²) in [5, 5.41) is 0. The molecule has 31 heavy (non-hydrogen) atoms. The fourth-order valence-corrected chi connectivity index (χ4v) is 4.23. The van der Waals surface area contributed by atoms with E-state index in [1.54, 1.807) is 0 Å². The molecule has 3 aromatic rings. The lowest BCUT2D eigenvalue weighted by Gasteiger charge is -2.34. The van der Waals surface area contributed by atoms with Crippen LogP contribution in [-0.4, -0.2) is 22.9 Å². The summed E-state index contributed by atoms with van der Waals surface area (Å²) in [5.41, 5.74) is 5.86. The number of aryl methyl sites for hydroxylation is 2. The van der Waals surface area contributed by atoms with Gasteiger partial charge in [0, 0.05) is 22.2 Å². The highest BCUT2D eigenvalue weighted by Crippen LogP contribution is 2.39. The topological polar surface area (TPSA) is 18.8 Å². The van der Waals surface area contributed by atoms with Crippen molar-refractivity contribution in [2.45, 2.75) is 46.2 Å². The Morgan fingerprint density at radius 2 is 1.35 bits per heavy atom. The van der Waals surface area contributed by atoms with E-state index in [1.165, 1.54) is 16.7 Å². The van der Waals surface area contributed by atoms with Gasteiger partial charge in [0.25, 0.3) is 0 Å². The summed E-state index contributed by atoms with van der Waals surface area (Å²) in [6.45, 7) is 11.9. The molecule has 3 nitrogen and oxygen atoms in total. The Balaban J connectivity index is 1.88. The molecule has 0 saturated carbocycles. The number of hydrogen-bond acceptors (Lipinski definition) is 1. The van der Waals surface area contributed by atoms with Crippen molar-refractivity contribution < 1.29 is 0 Å². The lowest BCUT2D eigenvalue weighted by Crippen LogP contribution is -2.45. The van der Waals surface area contributed by atoms with Gasteiger partial charge in [0.05, 0.1) is 11.7 Å². The third-order valence-corrected chi connectivity index (χ3v) is 6.29. The molecule has 0 bridgehead atoms. The van der Waals surface area contributed by atoms with Crippen molar-refractivity contribution in [1.82, 2.24) is 4.90 Å². The molecule has 4 rings (SSSR count). The summed E-state index contributed by atoms with van der Waals surface area (Å²) in [6.07, 6.45) is 0. The average molecular weight is 476 g/mol. The number of aliphatic imine (C=N–C) groups is 1. The van der Waals surface area contributed by atoms with Gasteiger partial charge < -0.3 is 9.80 Å². The average Bonchev–Trinajstić information content (AvgIpc) is 3.10. The predicted molar refractivity (Wildman–Crippen MR) is 135 cm³/mol. The molecule has 1 fully saturated rings. The van der Waals surface area contributed by atoms with Crippen LogP contribution in [0.15, 0.2) is 82.3 Å². The zero-order valence-corrected chi connectivity index (χ0v) is 20.5. The zero-order chi connectivity index (χ0) is 22.2. The third kappa shape index (κ3) is 4.69. The Bertz CT molecular complexity index is 1060. The standard InChI is InChI=1S/C27H30BrN3/c1-19-6-14-23(15-7-19)29-26-30(27(3,4)5)18-25(21-10-12-22(28)13-11-21)31(26)24-16-8-20(2)9-17-24/h6-17,25H,18H2,1-5H3/t25-/m1/s1. The van der Waals surface area contributed by atoms with Gasteiger partial charge in [-0.3, -0.25) is 0 Å². The number of guanidine groups is 1. The monoisotopic (exact) mass is 475 g/mol. The Morgan fingerprint density at radius 3 is 1.90 bits per heavy atom. The van der Waals surface area contributed by atoms with Crippen LogP contribution in [0.3, 0.4) is 0 Å². The van der Waals surface area contributed by atoms with Crippen molar-refractivity contribution in [2.24, 2.45) is 4.99 Å². The number of hydrogen-bond donors (Lipinski definition) is 0. The quantitative estimate of drug-likeness (QED) is 0.392. The molecule has 160 valence electrons. The largest absolute Gasteiger partial charge is 0.335 e. The molecular weight excluding hydrogens is 446 g/mol. The zero-order valence-electron chi connectivity index (χ0n) is 18.9. The van der Waals surface area contributed by atoms with Gasteiger partial charge >= 0.3 is 0 Å². The highest BCUT2D eigenvalue weighted by molar-refractivity contribution is 9.10. The molecule has 4 heteroatoms. The van der Waals surface area contributed by atoms with E-state index in [2.05, 4.69) is 133 Å². The maximum absolute atomic E-state index is 5.18. The van der Waals surface area contributed by atoms with Crippen LogP contribution in [0.2, 0.25) is 0 Å². The van der Waals surface area contributed by atoms with Crippen LogP contribution in [0.4, 0.5) is 11.4 Å². The van der Waals surface area contributed by atoms with E-state index in [-0.39, 0.29) is 11.6 Å². The number of halogens is 1. The molecule has 0 N–H and O–H groups in total. The summed E-state index contributed by atoms with van der Waals surface area (Å²) in [5.74, 6) is 0.994. The van der Waals surface area contributed by atoms with Crippen LogP contribution >= 0.6 is 15.9 Å². The van der Waals surface area contributed by atoms with Crippen molar-refractivity contribution in [3.63, 3.8) is 0 Å². The van der Waals surface area contributed by atoms with Gasteiger partial charge in [0.1, 0.15) is 0 Å². The fourth-order valence-electron chi connectivity index (χ4n) is 3.97. The lowest BCUT2D eigenvalue weighted by atomic mass is 10.0. The van der Waals surface area contributed by atoms with E-state index >= 15 is 0 Å². The van der Waals surface area contributed by atoms with Gasteiger partial charge in [-0.2, -0.15) is 0 Å². The number of nitrogens with zero attached hydrogens (tertiary/aromatic N) is 3. The molecule has 0 amide bonds. The normalized spacial score (nSPS) is 18.1. The van der Waals surface area contributed by atoms with Gasteiger partial charge in [-0.25, -0.2) is 4.99 Å². The molecule has 1 atom stereocenters. The highest BCUT2D eigenvalue weighted by atomic mass is 79.9. The first-order valence-electron chi connectivity index (χ1n) is 10.8. The van der Waals surface area contributed by atoms with E-state index in [0.717, 1.165) is 28.4 Å². The number of rotatable bonds is 3. The van der Waals surface area contributed by atoms with Crippen LogP contribution < -0.4 is 4.90 Å². The molecule has 0 radical (unpaired) electrons. The van der Waals surface area contributed by atoms with E-state index in [9.17, 15) is 0 Å². The van der Waals surface area contributed by atoms with Gasteiger partial charge in [0.2, 0.25) is 5.96 Å². The van der Waals surface area contributed by atoms with Crippen LogP contribution in [0.5, 0.6) is 0 Å². The summed E-state index contributed by atoms with van der Waals surface area (Å²) in [4.78, 5) is 10.0. The first-order valence-corrected chi connectivity index (χ1v) is 11.6. The fraction of sp³-hybridized carbons (Fsp3) is 0.296. The minimum absolute atomic E-state index is 0.0589. The van der Waals surface area contributed by atoms with Crippen molar-refractivity contribution in [3.8, 4) is 0 Å². The van der Waals surface area contributed by atoms with Crippen LogP contribution in [-0.2, 0) is 0 Å².